The Kier molecular flexibility index (Phi) is 3.69. The number of benzene rings is 1. The lowest BCUT2D eigenvalue weighted by Gasteiger charge is -2.16. The van der Waals surface area contributed by atoms with E-state index in [1.54, 1.807) is 19.2 Å². The molecule has 1 aliphatic heterocycles. The Hall–Kier alpha value is -2.11. The maximum absolute atomic E-state index is 13.2. The Morgan fingerprint density at radius 2 is 2.26 bits per heavy atom. The third kappa shape index (κ3) is 2.83. The maximum Gasteiger partial charge on any atom is 0.324 e. The number of nitrogens with zero attached hydrogens (tertiary/aromatic N) is 2. The molecule has 5 nitrogen and oxygen atoms in total. The molecule has 102 valence electrons. The van der Waals surface area contributed by atoms with E-state index in [1.165, 1.54) is 21.9 Å². The van der Waals surface area contributed by atoms with E-state index in [0.29, 0.717) is 18.7 Å². The van der Waals surface area contributed by atoms with Crippen molar-refractivity contribution in [2.45, 2.75) is 18.9 Å². The standard InChI is InChI=1S/C13H15FN2O3/c1-15-11(5-6-12(17)18)8-16(13(15)19)10-4-2-3-9(14)7-10/h2-4,7,11H,5-6,8H2,1H3,(H,17,18). The van der Waals surface area contributed by atoms with Crippen LogP contribution in [0.1, 0.15) is 12.8 Å². The summed E-state index contributed by atoms with van der Waals surface area (Å²) in [6.45, 7) is 0.381. The van der Waals surface area contributed by atoms with Crippen molar-refractivity contribution in [2.75, 3.05) is 18.5 Å². The average molecular weight is 266 g/mol. The second-order valence-electron chi connectivity index (χ2n) is 4.57. The van der Waals surface area contributed by atoms with Gasteiger partial charge in [-0.3, -0.25) is 9.69 Å². The number of likely N-dealkylation sites (N-methyl/N-ethyl adjacent to an activating group) is 1. The van der Waals surface area contributed by atoms with Crippen LogP contribution in [0.3, 0.4) is 0 Å². The average Bonchev–Trinajstić information content (AvgIpc) is 2.64. The Morgan fingerprint density at radius 1 is 1.53 bits per heavy atom. The molecule has 1 aliphatic rings. The van der Waals surface area contributed by atoms with E-state index in [1.807, 2.05) is 0 Å². The highest BCUT2D eigenvalue weighted by Gasteiger charge is 2.35. The highest BCUT2D eigenvalue weighted by molar-refractivity contribution is 5.94. The number of carbonyl (C=O) groups excluding carboxylic acids is 1. The predicted molar refractivity (Wildman–Crippen MR) is 67.6 cm³/mol. The van der Waals surface area contributed by atoms with Crippen molar-refractivity contribution in [3.05, 3.63) is 30.1 Å². The molecule has 1 N–H and O–H groups in total. The normalized spacial score (nSPS) is 19.1. The highest BCUT2D eigenvalue weighted by atomic mass is 19.1. The van der Waals surface area contributed by atoms with Gasteiger partial charge < -0.3 is 10.0 Å². The van der Waals surface area contributed by atoms with E-state index in [0.717, 1.165) is 0 Å². The number of urea groups is 1. The molecular formula is C13H15FN2O3. The number of aliphatic carboxylic acids is 1. The zero-order valence-electron chi connectivity index (χ0n) is 10.5. The van der Waals surface area contributed by atoms with Crippen molar-refractivity contribution in [3.8, 4) is 0 Å². The van der Waals surface area contributed by atoms with Crippen LogP contribution in [0.5, 0.6) is 0 Å². The van der Waals surface area contributed by atoms with Crippen LogP contribution in [0.2, 0.25) is 0 Å². The van der Waals surface area contributed by atoms with E-state index >= 15 is 0 Å². The van der Waals surface area contributed by atoms with Crippen LogP contribution in [-0.2, 0) is 4.79 Å². The molecule has 0 saturated carbocycles. The van der Waals surface area contributed by atoms with E-state index in [4.69, 9.17) is 5.11 Å². The van der Waals surface area contributed by atoms with Gasteiger partial charge in [-0.1, -0.05) is 6.07 Å². The summed E-state index contributed by atoms with van der Waals surface area (Å²) in [6, 6.07) is 5.42. The number of anilines is 1. The summed E-state index contributed by atoms with van der Waals surface area (Å²) in [5.41, 5.74) is 0.495. The zero-order valence-corrected chi connectivity index (χ0v) is 10.5. The van der Waals surface area contributed by atoms with E-state index in [9.17, 15) is 14.0 Å². The SMILES string of the molecule is CN1C(=O)N(c2cccc(F)c2)CC1CCC(=O)O. The second kappa shape index (κ2) is 5.26. The van der Waals surface area contributed by atoms with Gasteiger partial charge in [0.2, 0.25) is 0 Å². The van der Waals surface area contributed by atoms with Crippen LogP contribution in [0.25, 0.3) is 0 Å². The first kappa shape index (κ1) is 13.3. The molecule has 0 spiro atoms. The molecule has 2 amide bonds. The molecule has 1 fully saturated rings. The third-order valence-corrected chi connectivity index (χ3v) is 3.28. The number of carboxylic acids is 1. The van der Waals surface area contributed by atoms with Gasteiger partial charge in [0, 0.05) is 25.7 Å². The van der Waals surface area contributed by atoms with Crippen LogP contribution in [0.4, 0.5) is 14.9 Å². The Morgan fingerprint density at radius 3 is 2.89 bits per heavy atom. The fourth-order valence-electron chi connectivity index (χ4n) is 2.19. The summed E-state index contributed by atoms with van der Waals surface area (Å²) >= 11 is 0. The number of amides is 2. The number of carbonyl (C=O) groups is 2. The minimum Gasteiger partial charge on any atom is -0.481 e. The first-order valence-corrected chi connectivity index (χ1v) is 6.00. The van der Waals surface area contributed by atoms with Gasteiger partial charge in [-0.25, -0.2) is 9.18 Å². The molecule has 1 aromatic rings. The minimum atomic E-state index is -0.884. The lowest BCUT2D eigenvalue weighted by atomic mass is 10.1. The molecule has 0 bridgehead atoms. The molecule has 19 heavy (non-hydrogen) atoms. The van der Waals surface area contributed by atoms with E-state index in [-0.39, 0.29) is 18.5 Å². The van der Waals surface area contributed by atoms with Crippen molar-refractivity contribution >= 4 is 17.7 Å². The third-order valence-electron chi connectivity index (χ3n) is 3.28. The number of carboxylic acid groups (broad SMARTS) is 1. The molecule has 0 radical (unpaired) electrons. The van der Waals surface area contributed by atoms with E-state index in [2.05, 4.69) is 0 Å². The first-order valence-electron chi connectivity index (χ1n) is 6.00. The molecule has 1 atom stereocenters. The lowest BCUT2D eigenvalue weighted by molar-refractivity contribution is -0.137. The van der Waals surface area contributed by atoms with Crippen LogP contribution >= 0.6 is 0 Å². The number of hydrogen-bond donors (Lipinski definition) is 1. The van der Waals surface area contributed by atoms with Crippen molar-refractivity contribution in [1.82, 2.24) is 4.90 Å². The Balaban J connectivity index is 2.12. The summed E-state index contributed by atoms with van der Waals surface area (Å²) in [5.74, 6) is -1.29. The number of halogens is 1. The topological polar surface area (TPSA) is 60.9 Å². The van der Waals surface area contributed by atoms with Gasteiger partial charge in [0.15, 0.2) is 0 Å². The summed E-state index contributed by atoms with van der Waals surface area (Å²) in [7, 11) is 1.63. The van der Waals surface area contributed by atoms with Crippen molar-refractivity contribution in [1.29, 1.82) is 0 Å². The van der Waals surface area contributed by atoms with Crippen molar-refractivity contribution in [3.63, 3.8) is 0 Å². The van der Waals surface area contributed by atoms with Gasteiger partial charge in [-0.2, -0.15) is 0 Å². The van der Waals surface area contributed by atoms with Gasteiger partial charge in [0.25, 0.3) is 0 Å². The Labute approximate surface area is 110 Å². The number of rotatable bonds is 4. The largest absolute Gasteiger partial charge is 0.481 e. The van der Waals surface area contributed by atoms with Gasteiger partial charge >= 0.3 is 12.0 Å². The monoisotopic (exact) mass is 266 g/mol. The summed E-state index contributed by atoms with van der Waals surface area (Å²) in [5, 5.41) is 8.68. The first-order chi connectivity index (χ1) is 8.99. The molecule has 1 saturated heterocycles. The Bertz CT molecular complexity index is 506. The van der Waals surface area contributed by atoms with Gasteiger partial charge in [0.05, 0.1) is 6.04 Å². The quantitative estimate of drug-likeness (QED) is 0.905. The van der Waals surface area contributed by atoms with Gasteiger partial charge in [-0.05, 0) is 24.6 Å². The molecule has 1 unspecified atom stereocenters. The molecular weight excluding hydrogens is 251 g/mol. The van der Waals surface area contributed by atoms with Crippen LogP contribution in [0, 0.1) is 5.82 Å². The molecule has 0 aliphatic carbocycles. The molecule has 2 rings (SSSR count). The van der Waals surface area contributed by atoms with Crippen LogP contribution in [0.15, 0.2) is 24.3 Å². The predicted octanol–water partition coefficient (Wildman–Crippen LogP) is 1.93. The fourth-order valence-corrected chi connectivity index (χ4v) is 2.19. The summed E-state index contributed by atoms with van der Waals surface area (Å²) < 4.78 is 13.2. The minimum absolute atomic E-state index is 0.0132. The zero-order chi connectivity index (χ0) is 14.0. The summed E-state index contributed by atoms with van der Waals surface area (Å²) in [6.07, 6.45) is 0.405. The maximum atomic E-state index is 13.2. The molecule has 1 heterocycles. The smallest absolute Gasteiger partial charge is 0.324 e. The van der Waals surface area contributed by atoms with Gasteiger partial charge in [-0.15, -0.1) is 0 Å². The fraction of sp³-hybridized carbons (Fsp3) is 0.385. The highest BCUT2D eigenvalue weighted by Crippen LogP contribution is 2.25. The molecule has 1 aromatic carbocycles. The molecule has 6 heteroatoms. The van der Waals surface area contributed by atoms with Gasteiger partial charge in [0.1, 0.15) is 5.82 Å². The van der Waals surface area contributed by atoms with Crippen LogP contribution in [-0.4, -0.2) is 41.6 Å². The second-order valence-corrected chi connectivity index (χ2v) is 4.57. The van der Waals surface area contributed by atoms with Crippen LogP contribution < -0.4 is 4.90 Å². The number of hydrogen-bond acceptors (Lipinski definition) is 2. The van der Waals surface area contributed by atoms with Crippen molar-refractivity contribution in [2.24, 2.45) is 0 Å². The van der Waals surface area contributed by atoms with Crippen molar-refractivity contribution < 1.29 is 19.1 Å². The van der Waals surface area contributed by atoms with E-state index < -0.39 is 11.8 Å². The lowest BCUT2D eigenvalue weighted by Crippen LogP contribution is -2.31. The molecule has 0 aromatic heterocycles. The summed E-state index contributed by atoms with van der Waals surface area (Å²) in [4.78, 5) is 25.6.